The van der Waals surface area contributed by atoms with Gasteiger partial charge < -0.3 is 20.5 Å². The molecule has 3 aromatic carbocycles. The summed E-state index contributed by atoms with van der Waals surface area (Å²) in [4.78, 5) is 24.5. The number of phenolic OH excluding ortho intramolecular Hbond substituents is 1. The Morgan fingerprint density at radius 1 is 1.00 bits per heavy atom. The van der Waals surface area contributed by atoms with Gasteiger partial charge in [-0.1, -0.05) is 59.3 Å². The standard InChI is InChI=1S/C24H23BrN2O4/c1-2-20(17-11-13-19(25)14-12-17)27-24(30)31-15-16-7-9-18(10-8-16)23(29)26-21-5-3-4-6-22(21)28/h3-14,20,28H,2,15H2,1H3,(H,26,29)(H,27,30)/t20-/m0/s1. The van der Waals surface area contributed by atoms with Crippen molar-refractivity contribution in [2.24, 2.45) is 0 Å². The second-order valence-corrected chi connectivity index (χ2v) is 7.82. The fraction of sp³-hybridized carbons (Fsp3) is 0.167. The molecular weight excluding hydrogens is 460 g/mol. The average Bonchev–Trinajstić information content (AvgIpc) is 2.78. The summed E-state index contributed by atoms with van der Waals surface area (Å²) in [7, 11) is 0. The third-order valence-corrected chi connectivity index (χ3v) is 5.24. The zero-order chi connectivity index (χ0) is 22.2. The number of nitrogens with one attached hydrogen (secondary N) is 2. The van der Waals surface area contributed by atoms with Gasteiger partial charge in [0.2, 0.25) is 0 Å². The highest BCUT2D eigenvalue weighted by atomic mass is 79.9. The molecule has 0 radical (unpaired) electrons. The Morgan fingerprint density at radius 3 is 2.32 bits per heavy atom. The van der Waals surface area contributed by atoms with E-state index in [9.17, 15) is 14.7 Å². The fourth-order valence-corrected chi connectivity index (χ4v) is 3.24. The molecule has 1 atom stereocenters. The zero-order valence-electron chi connectivity index (χ0n) is 17.0. The molecule has 0 unspecified atom stereocenters. The number of benzene rings is 3. The van der Waals surface area contributed by atoms with E-state index in [1.54, 1.807) is 42.5 Å². The summed E-state index contributed by atoms with van der Waals surface area (Å²) in [5.74, 6) is -0.340. The van der Waals surface area contributed by atoms with Gasteiger partial charge in [0.05, 0.1) is 11.7 Å². The quantitative estimate of drug-likeness (QED) is 0.372. The van der Waals surface area contributed by atoms with Crippen LogP contribution in [0.2, 0.25) is 0 Å². The van der Waals surface area contributed by atoms with E-state index in [0.717, 1.165) is 22.0 Å². The highest BCUT2D eigenvalue weighted by Gasteiger charge is 2.14. The lowest BCUT2D eigenvalue weighted by Crippen LogP contribution is -2.28. The van der Waals surface area contributed by atoms with E-state index in [1.807, 2.05) is 31.2 Å². The summed E-state index contributed by atoms with van der Waals surface area (Å²) in [5.41, 5.74) is 2.53. The number of carbonyl (C=O) groups is 2. The lowest BCUT2D eigenvalue weighted by atomic mass is 10.1. The van der Waals surface area contributed by atoms with E-state index in [2.05, 4.69) is 26.6 Å². The number of ether oxygens (including phenoxy) is 1. The Labute approximate surface area is 189 Å². The molecule has 3 N–H and O–H groups in total. The van der Waals surface area contributed by atoms with Crippen LogP contribution in [0.3, 0.4) is 0 Å². The van der Waals surface area contributed by atoms with Crippen LogP contribution in [-0.2, 0) is 11.3 Å². The van der Waals surface area contributed by atoms with Crippen molar-refractivity contribution in [1.29, 1.82) is 0 Å². The third-order valence-electron chi connectivity index (χ3n) is 4.71. The molecule has 2 amide bonds. The number of phenols is 1. The lowest BCUT2D eigenvalue weighted by Gasteiger charge is -2.17. The first-order valence-corrected chi connectivity index (χ1v) is 10.6. The summed E-state index contributed by atoms with van der Waals surface area (Å²) in [6, 6.07) is 20.9. The predicted octanol–water partition coefficient (Wildman–Crippen LogP) is 5.78. The van der Waals surface area contributed by atoms with Gasteiger partial charge in [-0.15, -0.1) is 0 Å². The number of halogens is 1. The van der Waals surface area contributed by atoms with Gasteiger partial charge in [-0.2, -0.15) is 0 Å². The van der Waals surface area contributed by atoms with Gasteiger partial charge >= 0.3 is 6.09 Å². The number of amides is 2. The molecule has 3 rings (SSSR count). The van der Waals surface area contributed by atoms with Crippen LogP contribution in [-0.4, -0.2) is 17.1 Å². The maximum Gasteiger partial charge on any atom is 0.407 e. The second-order valence-electron chi connectivity index (χ2n) is 6.90. The summed E-state index contributed by atoms with van der Waals surface area (Å²) >= 11 is 3.40. The van der Waals surface area contributed by atoms with E-state index in [-0.39, 0.29) is 24.3 Å². The molecule has 31 heavy (non-hydrogen) atoms. The van der Waals surface area contributed by atoms with E-state index in [1.165, 1.54) is 6.07 Å². The summed E-state index contributed by atoms with van der Waals surface area (Å²) in [6.45, 7) is 2.08. The summed E-state index contributed by atoms with van der Waals surface area (Å²) < 4.78 is 6.30. The lowest BCUT2D eigenvalue weighted by molar-refractivity contribution is 0.102. The smallest absolute Gasteiger partial charge is 0.407 e. The minimum absolute atomic E-state index is 0.000373. The summed E-state index contributed by atoms with van der Waals surface area (Å²) in [5, 5.41) is 15.3. The number of hydrogen-bond acceptors (Lipinski definition) is 4. The number of aromatic hydroxyl groups is 1. The van der Waals surface area contributed by atoms with E-state index in [0.29, 0.717) is 11.3 Å². The van der Waals surface area contributed by atoms with Crippen LogP contribution in [0.1, 0.15) is 40.9 Å². The minimum atomic E-state index is -0.504. The molecule has 0 aliphatic carbocycles. The largest absolute Gasteiger partial charge is 0.506 e. The van der Waals surface area contributed by atoms with Crippen LogP contribution in [0, 0.1) is 0 Å². The Balaban J connectivity index is 1.52. The monoisotopic (exact) mass is 482 g/mol. The molecular formula is C24H23BrN2O4. The van der Waals surface area contributed by atoms with Crippen molar-refractivity contribution in [1.82, 2.24) is 5.32 Å². The molecule has 7 heteroatoms. The molecule has 0 saturated carbocycles. The summed E-state index contributed by atoms with van der Waals surface area (Å²) in [6.07, 6.45) is 0.230. The predicted molar refractivity (Wildman–Crippen MR) is 123 cm³/mol. The maximum atomic E-state index is 12.3. The minimum Gasteiger partial charge on any atom is -0.506 e. The highest BCUT2D eigenvalue weighted by Crippen LogP contribution is 2.22. The van der Waals surface area contributed by atoms with Gasteiger partial charge in [0.15, 0.2) is 0 Å². The molecule has 0 aromatic heterocycles. The molecule has 6 nitrogen and oxygen atoms in total. The van der Waals surface area contributed by atoms with Crippen molar-refractivity contribution in [2.45, 2.75) is 26.0 Å². The average molecular weight is 483 g/mol. The van der Waals surface area contributed by atoms with E-state index in [4.69, 9.17) is 4.74 Å². The number of hydrogen-bond donors (Lipinski definition) is 3. The topological polar surface area (TPSA) is 87.7 Å². The molecule has 0 spiro atoms. The van der Waals surface area contributed by atoms with Crippen LogP contribution in [0.5, 0.6) is 5.75 Å². The fourth-order valence-electron chi connectivity index (χ4n) is 2.98. The molecule has 0 heterocycles. The number of para-hydroxylation sites is 2. The van der Waals surface area contributed by atoms with Crippen LogP contribution < -0.4 is 10.6 Å². The van der Waals surface area contributed by atoms with Crippen molar-refractivity contribution in [3.8, 4) is 5.75 Å². The maximum absolute atomic E-state index is 12.3. The molecule has 160 valence electrons. The first-order valence-electron chi connectivity index (χ1n) is 9.83. The SMILES string of the molecule is CC[C@H](NC(=O)OCc1ccc(C(=O)Nc2ccccc2O)cc1)c1ccc(Br)cc1. The Morgan fingerprint density at radius 2 is 1.68 bits per heavy atom. The van der Waals surface area contributed by atoms with Crippen molar-refractivity contribution >= 4 is 33.6 Å². The van der Waals surface area contributed by atoms with Crippen LogP contribution in [0.15, 0.2) is 77.3 Å². The van der Waals surface area contributed by atoms with Gasteiger partial charge in [0, 0.05) is 10.0 Å². The Bertz CT molecular complexity index is 1040. The van der Waals surface area contributed by atoms with Gasteiger partial charge in [-0.3, -0.25) is 4.79 Å². The first-order chi connectivity index (χ1) is 15.0. The van der Waals surface area contributed by atoms with Crippen molar-refractivity contribution < 1.29 is 19.4 Å². The molecule has 3 aromatic rings. The first kappa shape index (κ1) is 22.4. The second kappa shape index (κ2) is 10.6. The molecule has 0 bridgehead atoms. The number of alkyl carbamates (subject to hydrolysis) is 1. The molecule has 0 aliphatic heterocycles. The van der Waals surface area contributed by atoms with Gasteiger partial charge in [-0.25, -0.2) is 4.79 Å². The molecule has 0 aliphatic rings. The number of anilines is 1. The molecule has 0 saturated heterocycles. The van der Waals surface area contributed by atoms with Gasteiger partial charge in [-0.05, 0) is 53.9 Å². The molecule has 0 fully saturated rings. The third kappa shape index (κ3) is 6.33. The van der Waals surface area contributed by atoms with Crippen molar-refractivity contribution in [2.75, 3.05) is 5.32 Å². The van der Waals surface area contributed by atoms with Gasteiger partial charge in [0.1, 0.15) is 12.4 Å². The zero-order valence-corrected chi connectivity index (χ0v) is 18.6. The van der Waals surface area contributed by atoms with Crippen LogP contribution in [0.4, 0.5) is 10.5 Å². The number of carbonyl (C=O) groups excluding carboxylic acids is 2. The van der Waals surface area contributed by atoms with Crippen molar-refractivity contribution in [3.63, 3.8) is 0 Å². The van der Waals surface area contributed by atoms with Gasteiger partial charge in [0.25, 0.3) is 5.91 Å². The van der Waals surface area contributed by atoms with E-state index < -0.39 is 6.09 Å². The van der Waals surface area contributed by atoms with Crippen LogP contribution in [0.25, 0.3) is 0 Å². The Hall–Kier alpha value is -3.32. The normalized spacial score (nSPS) is 11.4. The Kier molecular flexibility index (Phi) is 7.67. The highest BCUT2D eigenvalue weighted by molar-refractivity contribution is 9.10. The number of rotatable bonds is 7. The van der Waals surface area contributed by atoms with Crippen LogP contribution >= 0.6 is 15.9 Å². The van der Waals surface area contributed by atoms with Crippen molar-refractivity contribution in [3.05, 3.63) is 94.0 Å². The van der Waals surface area contributed by atoms with E-state index >= 15 is 0 Å².